The molecule has 3 rings (SSSR count). The van der Waals surface area contributed by atoms with Gasteiger partial charge >= 0.3 is 5.97 Å². The minimum absolute atomic E-state index is 0.0188. The van der Waals surface area contributed by atoms with Crippen LogP contribution in [0, 0.1) is 0 Å². The fraction of sp³-hybridized carbons (Fsp3) is 0.583. The maximum atomic E-state index is 12.9. The highest BCUT2D eigenvalue weighted by Crippen LogP contribution is 2.32. The number of hydrogen-bond donors (Lipinski definition) is 3. The van der Waals surface area contributed by atoms with Crippen molar-refractivity contribution in [3.63, 3.8) is 0 Å². The lowest BCUT2D eigenvalue weighted by Crippen LogP contribution is -2.52. The lowest BCUT2D eigenvalue weighted by molar-refractivity contribution is -0.139. The molecule has 198 valence electrons. The Hall–Kier alpha value is -3.06. The highest BCUT2D eigenvalue weighted by Gasteiger charge is 2.39. The van der Waals surface area contributed by atoms with Gasteiger partial charge in [0.15, 0.2) is 0 Å². The van der Waals surface area contributed by atoms with E-state index in [-0.39, 0.29) is 31.3 Å². The number of benzene rings is 1. The highest BCUT2D eigenvalue weighted by molar-refractivity contribution is 6.06. The van der Waals surface area contributed by atoms with Gasteiger partial charge in [0.25, 0.3) is 5.91 Å². The first-order chi connectivity index (χ1) is 17.5. The van der Waals surface area contributed by atoms with Gasteiger partial charge in [0.2, 0.25) is 11.8 Å². The largest absolute Gasteiger partial charge is 0.481 e. The van der Waals surface area contributed by atoms with Gasteiger partial charge < -0.3 is 34.3 Å². The van der Waals surface area contributed by atoms with Crippen molar-refractivity contribution in [2.24, 2.45) is 0 Å². The second kappa shape index (κ2) is 14.5. The third kappa shape index (κ3) is 8.26. The summed E-state index contributed by atoms with van der Waals surface area (Å²) in [5.74, 6) is -1.82. The molecule has 3 amide bonds. The van der Waals surface area contributed by atoms with E-state index in [4.69, 9.17) is 24.1 Å². The molecule has 1 saturated heterocycles. The van der Waals surface area contributed by atoms with Gasteiger partial charge in [-0.25, -0.2) is 0 Å². The van der Waals surface area contributed by atoms with Gasteiger partial charge in [-0.2, -0.15) is 0 Å². The molecular weight excluding hydrogens is 474 g/mol. The lowest BCUT2D eigenvalue weighted by Gasteiger charge is -2.29. The number of rotatable bonds is 17. The normalized spacial score (nSPS) is 17.3. The molecule has 1 unspecified atom stereocenters. The van der Waals surface area contributed by atoms with Crippen LogP contribution in [0.1, 0.15) is 35.2 Å². The van der Waals surface area contributed by atoms with Crippen molar-refractivity contribution < 1.29 is 43.2 Å². The Balaban J connectivity index is 1.25. The third-order valence-corrected chi connectivity index (χ3v) is 5.72. The number of ether oxygens (including phenoxy) is 4. The third-order valence-electron chi connectivity index (χ3n) is 5.72. The van der Waals surface area contributed by atoms with Crippen LogP contribution in [-0.4, -0.2) is 99.1 Å². The predicted molar refractivity (Wildman–Crippen MR) is 127 cm³/mol. The molecular formula is C24H33N3O9. The molecule has 1 atom stereocenters. The highest BCUT2D eigenvalue weighted by atomic mass is 16.6. The van der Waals surface area contributed by atoms with Crippen LogP contribution in [0.15, 0.2) is 18.2 Å². The maximum Gasteiger partial charge on any atom is 0.305 e. The van der Waals surface area contributed by atoms with E-state index in [1.54, 1.807) is 12.1 Å². The lowest BCUT2D eigenvalue weighted by atomic mass is 10.0. The molecule has 1 aromatic carbocycles. The standard InChI is InChI=1S/C24H33N3O9/c28-21-5-4-20(23(31)26-21)27-16-18-17(24(27)32)2-1-3-19(18)25-7-9-34-11-13-36-15-14-35-12-10-33-8-6-22(29)30/h1-3,20,25H,4-16H2,(H,29,30)(H,26,28,31). The molecule has 2 aliphatic heterocycles. The summed E-state index contributed by atoms with van der Waals surface area (Å²) in [4.78, 5) is 48.4. The predicted octanol–water partition coefficient (Wildman–Crippen LogP) is 0.401. The SMILES string of the molecule is O=C(O)CCOCCOCCOCCOCCNc1cccc2c1CN(C1CCC(=O)NC1=O)C2=O. The summed E-state index contributed by atoms with van der Waals surface area (Å²) in [6, 6.07) is 4.80. The Morgan fingerprint density at radius 1 is 0.972 bits per heavy atom. The number of hydrogen-bond acceptors (Lipinski definition) is 9. The first-order valence-electron chi connectivity index (χ1n) is 12.0. The smallest absolute Gasteiger partial charge is 0.305 e. The van der Waals surface area contributed by atoms with Crippen molar-refractivity contribution in [1.29, 1.82) is 0 Å². The molecule has 3 N–H and O–H groups in total. The van der Waals surface area contributed by atoms with Crippen LogP contribution in [0.3, 0.4) is 0 Å². The number of nitrogens with one attached hydrogen (secondary N) is 2. The molecule has 2 heterocycles. The minimum atomic E-state index is -0.888. The zero-order valence-corrected chi connectivity index (χ0v) is 20.2. The van der Waals surface area contributed by atoms with Gasteiger partial charge in [0.1, 0.15) is 6.04 Å². The number of carbonyl (C=O) groups is 4. The second-order valence-electron chi connectivity index (χ2n) is 8.25. The molecule has 0 aliphatic carbocycles. The number of piperidine rings is 1. The number of fused-ring (bicyclic) bond motifs is 1. The van der Waals surface area contributed by atoms with E-state index in [0.717, 1.165) is 11.3 Å². The summed E-state index contributed by atoms with van der Waals surface area (Å²) in [5.41, 5.74) is 2.22. The molecule has 0 spiro atoms. The Kier molecular flexibility index (Phi) is 11.1. The average molecular weight is 508 g/mol. The molecule has 0 saturated carbocycles. The minimum Gasteiger partial charge on any atom is -0.481 e. The molecule has 1 aromatic rings. The average Bonchev–Trinajstić information content (AvgIpc) is 3.18. The molecule has 12 heteroatoms. The van der Waals surface area contributed by atoms with E-state index >= 15 is 0 Å². The van der Waals surface area contributed by atoms with Crippen LogP contribution < -0.4 is 10.6 Å². The molecule has 2 aliphatic rings. The van der Waals surface area contributed by atoms with Crippen LogP contribution in [-0.2, 0) is 39.9 Å². The summed E-state index contributed by atoms with van der Waals surface area (Å²) in [7, 11) is 0. The van der Waals surface area contributed by atoms with E-state index in [0.29, 0.717) is 71.3 Å². The first-order valence-corrected chi connectivity index (χ1v) is 12.0. The van der Waals surface area contributed by atoms with E-state index in [2.05, 4.69) is 10.6 Å². The van der Waals surface area contributed by atoms with Crippen molar-refractivity contribution in [2.45, 2.75) is 31.8 Å². The molecule has 0 bridgehead atoms. The molecule has 0 aromatic heterocycles. The van der Waals surface area contributed by atoms with Crippen molar-refractivity contribution in [3.8, 4) is 0 Å². The van der Waals surface area contributed by atoms with Gasteiger partial charge in [-0.05, 0) is 18.6 Å². The summed E-state index contributed by atoms with van der Waals surface area (Å²) in [5, 5.41) is 14.1. The van der Waals surface area contributed by atoms with Gasteiger partial charge in [-0.15, -0.1) is 0 Å². The summed E-state index contributed by atoms with van der Waals surface area (Å²) in [6.45, 7) is 3.88. The number of carbonyl (C=O) groups excluding carboxylic acids is 3. The molecule has 36 heavy (non-hydrogen) atoms. The van der Waals surface area contributed by atoms with Crippen LogP contribution in [0.5, 0.6) is 0 Å². The van der Waals surface area contributed by atoms with Crippen LogP contribution in [0.25, 0.3) is 0 Å². The molecule has 1 fully saturated rings. The van der Waals surface area contributed by atoms with Gasteiger partial charge in [-0.1, -0.05) is 6.07 Å². The Morgan fingerprint density at radius 2 is 1.61 bits per heavy atom. The Morgan fingerprint density at radius 3 is 2.25 bits per heavy atom. The summed E-state index contributed by atoms with van der Waals surface area (Å²) in [6.07, 6.45) is 0.536. The van der Waals surface area contributed by atoms with Gasteiger partial charge in [0.05, 0.1) is 59.3 Å². The summed E-state index contributed by atoms with van der Waals surface area (Å²) >= 11 is 0. The zero-order chi connectivity index (χ0) is 25.8. The van der Waals surface area contributed by atoms with E-state index < -0.39 is 17.9 Å². The molecule has 0 radical (unpaired) electrons. The van der Waals surface area contributed by atoms with E-state index in [9.17, 15) is 19.2 Å². The number of amides is 3. The zero-order valence-electron chi connectivity index (χ0n) is 20.2. The van der Waals surface area contributed by atoms with Gasteiger partial charge in [0, 0.05) is 36.3 Å². The summed E-state index contributed by atoms with van der Waals surface area (Å²) < 4.78 is 21.4. The van der Waals surface area contributed by atoms with E-state index in [1.165, 1.54) is 4.90 Å². The molecule has 12 nitrogen and oxygen atoms in total. The van der Waals surface area contributed by atoms with Crippen molar-refractivity contribution >= 4 is 29.4 Å². The first kappa shape index (κ1) is 27.5. The fourth-order valence-electron chi connectivity index (χ4n) is 3.93. The van der Waals surface area contributed by atoms with Crippen LogP contribution in [0.4, 0.5) is 5.69 Å². The van der Waals surface area contributed by atoms with Crippen LogP contribution >= 0.6 is 0 Å². The van der Waals surface area contributed by atoms with Crippen molar-refractivity contribution in [2.75, 3.05) is 64.7 Å². The van der Waals surface area contributed by atoms with E-state index in [1.807, 2.05) is 6.07 Å². The fourth-order valence-corrected chi connectivity index (χ4v) is 3.93. The topological polar surface area (TPSA) is 153 Å². The monoisotopic (exact) mass is 507 g/mol. The van der Waals surface area contributed by atoms with Crippen LogP contribution in [0.2, 0.25) is 0 Å². The number of carboxylic acid groups (broad SMARTS) is 1. The van der Waals surface area contributed by atoms with Crippen molar-refractivity contribution in [3.05, 3.63) is 29.3 Å². The number of aliphatic carboxylic acids is 1. The number of nitrogens with zero attached hydrogens (tertiary/aromatic N) is 1. The second-order valence-corrected chi connectivity index (χ2v) is 8.25. The number of carboxylic acids is 1. The number of imide groups is 1. The Labute approximate surface area is 209 Å². The number of anilines is 1. The van der Waals surface area contributed by atoms with Crippen molar-refractivity contribution in [1.82, 2.24) is 10.2 Å². The Bertz CT molecular complexity index is 924. The quantitative estimate of drug-likeness (QED) is 0.199. The maximum absolute atomic E-state index is 12.9. The van der Waals surface area contributed by atoms with Gasteiger partial charge in [-0.3, -0.25) is 24.5 Å².